The lowest BCUT2D eigenvalue weighted by molar-refractivity contribution is -0.0404. The molecular formula is C24H35N3O4. The van der Waals surface area contributed by atoms with Crippen LogP contribution in [-0.2, 0) is 16.0 Å². The van der Waals surface area contributed by atoms with Crippen molar-refractivity contribution >= 4 is 17.0 Å². The van der Waals surface area contributed by atoms with Gasteiger partial charge in [0.2, 0.25) is 0 Å². The normalized spacial score (nSPS) is 20.8. The van der Waals surface area contributed by atoms with Gasteiger partial charge in [-0.2, -0.15) is 0 Å². The molecule has 0 saturated carbocycles. The largest absolute Gasteiger partial charge is 0.507 e. The van der Waals surface area contributed by atoms with Gasteiger partial charge in [-0.3, -0.25) is 14.4 Å². The minimum Gasteiger partial charge on any atom is -0.507 e. The van der Waals surface area contributed by atoms with Gasteiger partial charge in [-0.05, 0) is 58.2 Å². The molecule has 2 saturated heterocycles. The van der Waals surface area contributed by atoms with Crippen molar-refractivity contribution in [1.82, 2.24) is 14.4 Å². The molecule has 0 unspecified atom stereocenters. The van der Waals surface area contributed by atoms with E-state index in [1.54, 1.807) is 12.1 Å². The first-order valence-electron chi connectivity index (χ1n) is 11.3. The number of hydrogen-bond acceptors (Lipinski definition) is 6. The second kappa shape index (κ2) is 8.45. The van der Waals surface area contributed by atoms with E-state index in [1.165, 1.54) is 4.57 Å². The van der Waals surface area contributed by atoms with Gasteiger partial charge in [-0.1, -0.05) is 6.07 Å². The topological polar surface area (TPSA) is 67.2 Å². The molecule has 7 nitrogen and oxygen atoms in total. The number of aromatic hydroxyl groups is 1. The standard InChI is InChI=1S/C24H35N3O4/c1-23(2,3)31-22(29)27-17-18(21-19(27)6-5-7-20(21)28)16-25-10-8-24(4,9-11-25)26-12-14-30-15-13-26/h5-7,17,28H,8-16H2,1-4H3. The van der Waals surface area contributed by atoms with E-state index in [4.69, 9.17) is 9.47 Å². The third-order valence-electron chi connectivity index (χ3n) is 6.58. The van der Waals surface area contributed by atoms with Crippen LogP contribution in [0.5, 0.6) is 5.75 Å². The summed E-state index contributed by atoms with van der Waals surface area (Å²) in [5.41, 5.74) is 1.27. The molecule has 4 rings (SSSR count). The molecule has 0 radical (unpaired) electrons. The number of rotatable bonds is 3. The minimum atomic E-state index is -0.582. The van der Waals surface area contributed by atoms with E-state index in [0.717, 1.165) is 63.2 Å². The monoisotopic (exact) mass is 429 g/mol. The van der Waals surface area contributed by atoms with Crippen LogP contribution in [-0.4, -0.2) is 76.1 Å². The molecule has 2 aliphatic rings. The van der Waals surface area contributed by atoms with Crippen LogP contribution in [0.3, 0.4) is 0 Å². The second-order valence-electron chi connectivity index (χ2n) is 10.0. The lowest BCUT2D eigenvalue weighted by Gasteiger charge is -2.48. The molecule has 0 aliphatic carbocycles. The summed E-state index contributed by atoms with van der Waals surface area (Å²) in [5, 5.41) is 11.3. The smallest absolute Gasteiger partial charge is 0.419 e. The summed E-state index contributed by atoms with van der Waals surface area (Å²) in [6.45, 7) is 14.3. The fourth-order valence-electron chi connectivity index (χ4n) is 4.78. The van der Waals surface area contributed by atoms with E-state index in [0.29, 0.717) is 12.1 Å². The molecule has 1 N–H and O–H groups in total. The van der Waals surface area contributed by atoms with Crippen LogP contribution >= 0.6 is 0 Å². The summed E-state index contributed by atoms with van der Waals surface area (Å²) < 4.78 is 12.6. The number of morpholine rings is 1. The molecule has 1 aromatic heterocycles. The van der Waals surface area contributed by atoms with Gasteiger partial charge in [0, 0.05) is 49.8 Å². The molecule has 0 amide bonds. The Kier molecular flexibility index (Phi) is 6.03. The van der Waals surface area contributed by atoms with Crippen molar-refractivity contribution in [2.75, 3.05) is 39.4 Å². The van der Waals surface area contributed by atoms with E-state index >= 15 is 0 Å². The zero-order chi connectivity index (χ0) is 22.2. The number of likely N-dealkylation sites (tertiary alicyclic amines) is 1. The summed E-state index contributed by atoms with van der Waals surface area (Å²) in [7, 11) is 0. The molecule has 2 fully saturated rings. The minimum absolute atomic E-state index is 0.199. The number of carbonyl (C=O) groups excluding carboxylic acids is 1. The molecule has 0 spiro atoms. The predicted molar refractivity (Wildman–Crippen MR) is 121 cm³/mol. The lowest BCUT2D eigenvalue weighted by atomic mass is 9.87. The first-order valence-corrected chi connectivity index (χ1v) is 11.3. The summed E-state index contributed by atoms with van der Waals surface area (Å²) in [4.78, 5) is 17.8. The van der Waals surface area contributed by atoms with Gasteiger partial charge in [0.05, 0.1) is 18.7 Å². The van der Waals surface area contributed by atoms with E-state index in [9.17, 15) is 9.90 Å². The van der Waals surface area contributed by atoms with Crippen LogP contribution in [0.1, 0.15) is 46.1 Å². The fraction of sp³-hybridized carbons (Fsp3) is 0.625. The van der Waals surface area contributed by atoms with Crippen LogP contribution in [0.15, 0.2) is 24.4 Å². The van der Waals surface area contributed by atoms with Gasteiger partial charge in [0.15, 0.2) is 0 Å². The third-order valence-corrected chi connectivity index (χ3v) is 6.58. The molecule has 3 heterocycles. The first-order chi connectivity index (χ1) is 14.7. The average Bonchev–Trinajstić information content (AvgIpc) is 3.09. The molecule has 1 aromatic carbocycles. The van der Waals surface area contributed by atoms with Crippen LogP contribution in [0.25, 0.3) is 10.9 Å². The number of phenolic OH excluding ortho intramolecular Hbond substituents is 1. The van der Waals surface area contributed by atoms with Gasteiger partial charge in [-0.25, -0.2) is 4.79 Å². The van der Waals surface area contributed by atoms with Crippen LogP contribution in [0.4, 0.5) is 4.79 Å². The maximum Gasteiger partial charge on any atom is 0.419 e. The SMILES string of the molecule is CC(C)(C)OC(=O)n1cc(CN2CCC(C)(N3CCOCC3)CC2)c2c(O)cccc21. The van der Waals surface area contributed by atoms with Crippen molar-refractivity contribution in [2.45, 2.75) is 58.2 Å². The highest BCUT2D eigenvalue weighted by molar-refractivity contribution is 5.95. The van der Waals surface area contributed by atoms with Crippen molar-refractivity contribution in [3.63, 3.8) is 0 Å². The Morgan fingerprint density at radius 1 is 1.16 bits per heavy atom. The average molecular weight is 430 g/mol. The van der Waals surface area contributed by atoms with Gasteiger partial charge in [0.1, 0.15) is 11.4 Å². The Morgan fingerprint density at radius 3 is 2.48 bits per heavy atom. The number of piperidine rings is 1. The number of fused-ring (bicyclic) bond motifs is 1. The number of carbonyl (C=O) groups is 1. The zero-order valence-corrected chi connectivity index (χ0v) is 19.2. The predicted octanol–water partition coefficient (Wildman–Crippen LogP) is 3.82. The molecule has 31 heavy (non-hydrogen) atoms. The second-order valence-corrected chi connectivity index (χ2v) is 10.0. The summed E-state index contributed by atoms with van der Waals surface area (Å²) in [6.07, 6.45) is 3.61. The Bertz CT molecular complexity index is 932. The van der Waals surface area contributed by atoms with Crippen LogP contribution in [0, 0.1) is 0 Å². The van der Waals surface area contributed by atoms with Gasteiger partial charge < -0.3 is 14.6 Å². The Labute approximate surface area is 184 Å². The van der Waals surface area contributed by atoms with E-state index in [2.05, 4.69) is 16.7 Å². The number of benzene rings is 1. The van der Waals surface area contributed by atoms with Gasteiger partial charge in [0.25, 0.3) is 0 Å². The molecule has 170 valence electrons. The van der Waals surface area contributed by atoms with Gasteiger partial charge >= 0.3 is 6.09 Å². The highest BCUT2D eigenvalue weighted by Gasteiger charge is 2.36. The molecule has 0 bridgehead atoms. The van der Waals surface area contributed by atoms with Crippen molar-refractivity contribution in [1.29, 1.82) is 0 Å². The summed E-state index contributed by atoms with van der Waals surface area (Å²) in [6, 6.07) is 5.29. The molecule has 0 atom stereocenters. The number of phenols is 1. The lowest BCUT2D eigenvalue weighted by Crippen LogP contribution is -2.56. The van der Waals surface area contributed by atoms with E-state index in [-0.39, 0.29) is 11.3 Å². The quantitative estimate of drug-likeness (QED) is 0.800. The highest BCUT2D eigenvalue weighted by Crippen LogP contribution is 2.34. The van der Waals surface area contributed by atoms with Crippen LogP contribution in [0.2, 0.25) is 0 Å². The number of hydrogen-bond donors (Lipinski definition) is 1. The third kappa shape index (κ3) is 4.73. The maximum atomic E-state index is 12.8. The highest BCUT2D eigenvalue weighted by atomic mass is 16.6. The fourth-order valence-corrected chi connectivity index (χ4v) is 4.78. The molecular weight excluding hydrogens is 394 g/mol. The molecule has 7 heteroatoms. The zero-order valence-electron chi connectivity index (χ0n) is 19.2. The van der Waals surface area contributed by atoms with Crippen molar-refractivity contribution in [2.24, 2.45) is 0 Å². The number of aromatic nitrogens is 1. The Hall–Kier alpha value is -2.09. The molecule has 2 aliphatic heterocycles. The first kappa shape index (κ1) is 22.1. The van der Waals surface area contributed by atoms with Crippen molar-refractivity contribution in [3.05, 3.63) is 30.0 Å². The summed E-state index contributed by atoms with van der Waals surface area (Å²) in [5.74, 6) is 0.199. The number of nitrogens with zero attached hydrogens (tertiary/aromatic N) is 3. The van der Waals surface area contributed by atoms with E-state index in [1.807, 2.05) is 33.0 Å². The summed E-state index contributed by atoms with van der Waals surface area (Å²) >= 11 is 0. The van der Waals surface area contributed by atoms with E-state index < -0.39 is 11.7 Å². The van der Waals surface area contributed by atoms with Crippen molar-refractivity contribution < 1.29 is 19.4 Å². The van der Waals surface area contributed by atoms with Crippen LogP contribution < -0.4 is 0 Å². The van der Waals surface area contributed by atoms with Gasteiger partial charge in [-0.15, -0.1) is 0 Å². The van der Waals surface area contributed by atoms with Crippen molar-refractivity contribution in [3.8, 4) is 5.75 Å². The Morgan fingerprint density at radius 2 is 1.84 bits per heavy atom. The maximum absolute atomic E-state index is 12.8. The Balaban J connectivity index is 1.52. The number of ether oxygens (including phenoxy) is 2. The molecule has 2 aromatic rings.